The first kappa shape index (κ1) is 14.0. The lowest BCUT2D eigenvalue weighted by molar-refractivity contribution is -0.120. The Morgan fingerprint density at radius 3 is 2.59 bits per heavy atom. The summed E-state index contributed by atoms with van der Waals surface area (Å²) in [7, 11) is 0. The van der Waals surface area contributed by atoms with Crippen LogP contribution in [0.15, 0.2) is 73.1 Å². The lowest BCUT2D eigenvalue weighted by atomic mass is 9.91. The second-order valence-electron chi connectivity index (χ2n) is 4.85. The van der Waals surface area contributed by atoms with Crippen molar-refractivity contribution in [1.82, 2.24) is 10.3 Å². The molecule has 1 aliphatic rings. The van der Waals surface area contributed by atoms with Crippen LogP contribution in [-0.4, -0.2) is 10.9 Å². The quantitative estimate of drug-likeness (QED) is 0.915. The Morgan fingerprint density at radius 1 is 1.14 bits per heavy atom. The highest BCUT2D eigenvalue weighted by Crippen LogP contribution is 2.25. The number of anilines is 1. The molecule has 1 aliphatic heterocycles. The molecule has 4 nitrogen and oxygen atoms in total. The Labute approximate surface area is 127 Å². The normalized spacial score (nSPS) is 19.5. The van der Waals surface area contributed by atoms with Crippen molar-refractivity contribution in [3.8, 4) is 0 Å². The van der Waals surface area contributed by atoms with Crippen molar-refractivity contribution in [1.29, 1.82) is 0 Å². The van der Waals surface area contributed by atoms with Crippen molar-refractivity contribution in [2.75, 3.05) is 5.32 Å². The van der Waals surface area contributed by atoms with E-state index >= 15 is 0 Å². The minimum absolute atomic E-state index is 0.293. The molecule has 3 rings (SSSR count). The van der Waals surface area contributed by atoms with Crippen LogP contribution in [0.25, 0.3) is 0 Å². The number of carbonyl (C=O) groups is 1. The fourth-order valence-corrected chi connectivity index (χ4v) is 2.26. The lowest BCUT2D eigenvalue weighted by Crippen LogP contribution is -2.49. The van der Waals surface area contributed by atoms with Crippen LogP contribution in [0.3, 0.4) is 0 Å². The standard InChI is InChI=1S/C17H14FN3O/c18-13-6-8-14(9-7-13)21-16(22)17(10-2-4-12-20-17)15-5-1-3-11-19-15/h1-12,20H,(H,21,22). The van der Waals surface area contributed by atoms with E-state index in [0.29, 0.717) is 11.4 Å². The molecule has 0 spiro atoms. The van der Waals surface area contributed by atoms with Crippen LogP contribution in [0.2, 0.25) is 0 Å². The van der Waals surface area contributed by atoms with E-state index < -0.39 is 5.54 Å². The molecule has 0 fully saturated rings. The summed E-state index contributed by atoms with van der Waals surface area (Å²) < 4.78 is 13.0. The molecule has 1 atom stereocenters. The number of amides is 1. The Morgan fingerprint density at radius 2 is 1.95 bits per heavy atom. The summed E-state index contributed by atoms with van der Waals surface area (Å²) in [5, 5.41) is 5.85. The van der Waals surface area contributed by atoms with Gasteiger partial charge in [-0.25, -0.2) is 4.39 Å². The SMILES string of the molecule is O=C(Nc1ccc(F)cc1)C1(c2ccccn2)C=CC=CN1. The number of halogens is 1. The second kappa shape index (κ2) is 5.81. The highest BCUT2D eigenvalue weighted by Gasteiger charge is 2.39. The highest BCUT2D eigenvalue weighted by atomic mass is 19.1. The molecule has 5 heteroatoms. The van der Waals surface area contributed by atoms with Gasteiger partial charge in [-0.1, -0.05) is 12.1 Å². The van der Waals surface area contributed by atoms with E-state index in [1.54, 1.807) is 42.8 Å². The summed E-state index contributed by atoms with van der Waals surface area (Å²) in [6.45, 7) is 0. The first-order valence-electron chi connectivity index (χ1n) is 6.81. The summed E-state index contributed by atoms with van der Waals surface area (Å²) in [6.07, 6.45) is 8.66. The third kappa shape index (κ3) is 2.61. The average Bonchev–Trinajstić information content (AvgIpc) is 2.58. The van der Waals surface area contributed by atoms with Crippen LogP contribution in [0.1, 0.15) is 5.69 Å². The smallest absolute Gasteiger partial charge is 0.260 e. The van der Waals surface area contributed by atoms with Crippen LogP contribution < -0.4 is 10.6 Å². The number of aromatic nitrogens is 1. The molecule has 110 valence electrons. The van der Waals surface area contributed by atoms with Crippen molar-refractivity contribution >= 4 is 11.6 Å². The zero-order valence-corrected chi connectivity index (χ0v) is 11.7. The third-order valence-corrected chi connectivity index (χ3v) is 3.39. The van der Waals surface area contributed by atoms with Gasteiger partial charge in [0.05, 0.1) is 5.69 Å². The van der Waals surface area contributed by atoms with E-state index in [4.69, 9.17) is 0 Å². The Bertz CT molecular complexity index is 725. The number of rotatable bonds is 3. The van der Waals surface area contributed by atoms with E-state index in [-0.39, 0.29) is 11.7 Å². The minimum Gasteiger partial charge on any atom is -0.369 e. The molecular formula is C17H14FN3O. The predicted molar refractivity (Wildman–Crippen MR) is 82.4 cm³/mol. The number of pyridine rings is 1. The molecule has 0 bridgehead atoms. The number of hydrogen-bond acceptors (Lipinski definition) is 3. The molecule has 0 saturated carbocycles. The van der Waals surface area contributed by atoms with Gasteiger partial charge in [0.1, 0.15) is 5.82 Å². The molecule has 1 amide bonds. The summed E-state index contributed by atoms with van der Waals surface area (Å²) in [5.41, 5.74) is 0.00591. The zero-order valence-electron chi connectivity index (χ0n) is 11.7. The number of carbonyl (C=O) groups excluding carboxylic acids is 1. The maximum Gasteiger partial charge on any atom is 0.260 e. The number of nitrogens with zero attached hydrogens (tertiary/aromatic N) is 1. The monoisotopic (exact) mass is 295 g/mol. The second-order valence-corrected chi connectivity index (χ2v) is 4.85. The van der Waals surface area contributed by atoms with Crippen LogP contribution >= 0.6 is 0 Å². The molecule has 1 aromatic heterocycles. The Kier molecular flexibility index (Phi) is 3.70. The van der Waals surface area contributed by atoms with Crippen molar-refractivity contribution in [3.05, 3.63) is 84.6 Å². The maximum atomic E-state index is 13.0. The number of nitrogens with one attached hydrogen (secondary N) is 2. The predicted octanol–water partition coefficient (Wildman–Crippen LogP) is 2.73. The summed E-state index contributed by atoms with van der Waals surface area (Å²) in [6, 6.07) is 11.0. The third-order valence-electron chi connectivity index (χ3n) is 3.39. The van der Waals surface area contributed by atoms with E-state index in [0.717, 1.165) is 0 Å². The molecule has 1 aromatic carbocycles. The van der Waals surface area contributed by atoms with E-state index in [2.05, 4.69) is 15.6 Å². The summed E-state index contributed by atoms with van der Waals surface area (Å²) in [4.78, 5) is 17.1. The van der Waals surface area contributed by atoms with Gasteiger partial charge in [0.25, 0.3) is 5.91 Å². The van der Waals surface area contributed by atoms with Crippen LogP contribution in [0.5, 0.6) is 0 Å². The molecule has 22 heavy (non-hydrogen) atoms. The van der Waals surface area contributed by atoms with Gasteiger partial charge >= 0.3 is 0 Å². The molecule has 0 radical (unpaired) electrons. The van der Waals surface area contributed by atoms with Crippen molar-refractivity contribution in [2.45, 2.75) is 5.54 Å². The molecule has 2 heterocycles. The number of allylic oxidation sites excluding steroid dienone is 2. The Hall–Kier alpha value is -2.95. The van der Waals surface area contributed by atoms with Crippen molar-refractivity contribution < 1.29 is 9.18 Å². The zero-order chi connectivity index (χ0) is 15.4. The number of dihydropyridines is 1. The highest BCUT2D eigenvalue weighted by molar-refractivity contribution is 6.00. The molecular weight excluding hydrogens is 281 g/mol. The van der Waals surface area contributed by atoms with Crippen LogP contribution in [0.4, 0.5) is 10.1 Å². The topological polar surface area (TPSA) is 54.0 Å². The number of hydrogen-bond donors (Lipinski definition) is 2. The van der Waals surface area contributed by atoms with Gasteiger partial charge in [-0.2, -0.15) is 0 Å². The van der Waals surface area contributed by atoms with Crippen LogP contribution in [0, 0.1) is 5.82 Å². The van der Waals surface area contributed by atoms with Gasteiger partial charge in [0, 0.05) is 11.9 Å². The van der Waals surface area contributed by atoms with Crippen molar-refractivity contribution in [2.24, 2.45) is 0 Å². The average molecular weight is 295 g/mol. The summed E-state index contributed by atoms with van der Waals surface area (Å²) in [5.74, 6) is -0.644. The van der Waals surface area contributed by atoms with Crippen molar-refractivity contribution in [3.63, 3.8) is 0 Å². The lowest BCUT2D eigenvalue weighted by Gasteiger charge is -2.31. The number of benzene rings is 1. The molecule has 0 saturated heterocycles. The van der Waals surface area contributed by atoms with Gasteiger partial charge in [-0.05, 0) is 54.8 Å². The first-order chi connectivity index (χ1) is 10.7. The van der Waals surface area contributed by atoms with E-state index in [9.17, 15) is 9.18 Å². The van der Waals surface area contributed by atoms with Gasteiger partial charge in [-0.3, -0.25) is 9.78 Å². The van der Waals surface area contributed by atoms with Gasteiger partial charge < -0.3 is 10.6 Å². The van der Waals surface area contributed by atoms with E-state index in [1.807, 2.05) is 6.07 Å². The molecule has 2 aromatic rings. The van der Waals surface area contributed by atoms with Crippen LogP contribution in [-0.2, 0) is 10.3 Å². The summed E-state index contributed by atoms with van der Waals surface area (Å²) >= 11 is 0. The van der Waals surface area contributed by atoms with Gasteiger partial charge in [0.15, 0.2) is 5.54 Å². The maximum absolute atomic E-state index is 13.0. The fourth-order valence-electron chi connectivity index (χ4n) is 2.26. The van der Waals surface area contributed by atoms with Gasteiger partial charge in [-0.15, -0.1) is 0 Å². The largest absolute Gasteiger partial charge is 0.369 e. The molecule has 2 N–H and O–H groups in total. The van der Waals surface area contributed by atoms with E-state index in [1.165, 1.54) is 24.3 Å². The Balaban J connectivity index is 1.93. The fraction of sp³-hybridized carbons (Fsp3) is 0.0588. The first-order valence-corrected chi connectivity index (χ1v) is 6.81. The molecule has 1 unspecified atom stereocenters. The van der Waals surface area contributed by atoms with Gasteiger partial charge in [0.2, 0.25) is 0 Å². The minimum atomic E-state index is -1.09. The molecule has 0 aliphatic carbocycles.